The van der Waals surface area contributed by atoms with Crippen LogP contribution in [0.25, 0.3) is 11.0 Å². The number of benzene rings is 1. The van der Waals surface area contributed by atoms with Crippen LogP contribution < -0.4 is 5.32 Å². The molecule has 0 bridgehead atoms. The largest absolute Gasteiger partial charge is 0.309 e. The van der Waals surface area contributed by atoms with Gasteiger partial charge in [0.15, 0.2) is 0 Å². The van der Waals surface area contributed by atoms with Crippen molar-refractivity contribution in [3.63, 3.8) is 0 Å². The molecular weight excluding hydrogens is 202 g/mol. The number of nitrogens with one attached hydrogen (secondary N) is 1. The van der Waals surface area contributed by atoms with Gasteiger partial charge in [-0.3, -0.25) is 10.1 Å². The first-order valence-electron chi connectivity index (χ1n) is 5.43. The molecule has 0 saturated heterocycles. The van der Waals surface area contributed by atoms with Crippen LogP contribution in [0, 0.1) is 13.8 Å². The number of anilines is 1. The molecule has 2 aromatic rings. The minimum atomic E-state index is 0.0529. The lowest BCUT2D eigenvalue weighted by molar-refractivity contribution is -0.116. The van der Waals surface area contributed by atoms with E-state index >= 15 is 0 Å². The molecule has 0 spiro atoms. The first kappa shape index (κ1) is 9.39. The minimum absolute atomic E-state index is 0.0529. The number of nitrogens with zero attached hydrogens (tertiary/aromatic N) is 2. The van der Waals surface area contributed by atoms with Crippen molar-refractivity contribution in [2.45, 2.75) is 26.8 Å². The number of carbonyl (C=O) groups is 1. The molecule has 1 aromatic heterocycles. The van der Waals surface area contributed by atoms with E-state index in [1.54, 1.807) is 0 Å². The Morgan fingerprint density at radius 1 is 1.38 bits per heavy atom. The number of hydrogen-bond donors (Lipinski definition) is 1. The summed E-state index contributed by atoms with van der Waals surface area (Å²) in [6, 6.07) is 4.08. The summed E-state index contributed by atoms with van der Waals surface area (Å²) in [6.07, 6.45) is 0.534. The Bertz CT molecular complexity index is 598. The van der Waals surface area contributed by atoms with Crippen LogP contribution >= 0.6 is 0 Å². The summed E-state index contributed by atoms with van der Waals surface area (Å²) in [4.78, 5) is 15.7. The van der Waals surface area contributed by atoms with Gasteiger partial charge in [0.2, 0.25) is 11.9 Å². The highest BCUT2D eigenvalue weighted by molar-refractivity contribution is 5.94. The van der Waals surface area contributed by atoms with E-state index in [1.807, 2.05) is 6.07 Å². The normalized spacial score (nSPS) is 15.0. The number of imidazole rings is 1. The lowest BCUT2D eigenvalue weighted by atomic mass is 10.1. The van der Waals surface area contributed by atoms with Gasteiger partial charge >= 0.3 is 0 Å². The molecule has 82 valence electrons. The maximum atomic E-state index is 11.3. The molecule has 0 aliphatic carbocycles. The summed E-state index contributed by atoms with van der Waals surface area (Å²) < 4.78 is 2.10. The first-order valence-corrected chi connectivity index (χ1v) is 5.43. The summed E-state index contributed by atoms with van der Waals surface area (Å²) in [5, 5.41) is 2.81. The summed E-state index contributed by atoms with van der Waals surface area (Å²) in [6.45, 7) is 4.92. The van der Waals surface area contributed by atoms with Crippen molar-refractivity contribution < 1.29 is 4.79 Å². The average molecular weight is 215 g/mol. The molecule has 1 aliphatic heterocycles. The number of rotatable bonds is 0. The van der Waals surface area contributed by atoms with Gasteiger partial charge in [0.1, 0.15) is 0 Å². The third-order valence-electron chi connectivity index (χ3n) is 3.25. The lowest BCUT2D eigenvalue weighted by Crippen LogP contribution is -2.23. The zero-order valence-electron chi connectivity index (χ0n) is 9.37. The van der Waals surface area contributed by atoms with Crippen molar-refractivity contribution in [2.75, 3.05) is 5.32 Å². The first-order chi connectivity index (χ1) is 7.66. The topological polar surface area (TPSA) is 46.9 Å². The third-order valence-corrected chi connectivity index (χ3v) is 3.25. The van der Waals surface area contributed by atoms with Crippen LogP contribution in [0.15, 0.2) is 12.1 Å². The Balaban J connectivity index is 2.34. The minimum Gasteiger partial charge on any atom is -0.309 e. The number of aryl methyl sites for hydroxylation is 3. The van der Waals surface area contributed by atoms with Crippen LogP contribution in [0.5, 0.6) is 0 Å². The molecule has 0 atom stereocenters. The van der Waals surface area contributed by atoms with E-state index < -0.39 is 0 Å². The Kier molecular flexibility index (Phi) is 1.80. The SMILES string of the molecule is Cc1ccc2nc3n(c2c1C)CCC(=O)N3. The van der Waals surface area contributed by atoms with Gasteiger partial charge in [-0.15, -0.1) is 0 Å². The molecule has 0 unspecified atom stereocenters. The molecule has 1 N–H and O–H groups in total. The molecule has 4 nitrogen and oxygen atoms in total. The van der Waals surface area contributed by atoms with Gasteiger partial charge in [-0.05, 0) is 31.0 Å². The molecule has 1 aromatic carbocycles. The summed E-state index contributed by atoms with van der Waals surface area (Å²) >= 11 is 0. The van der Waals surface area contributed by atoms with Crippen molar-refractivity contribution in [3.8, 4) is 0 Å². The maximum Gasteiger partial charge on any atom is 0.228 e. The third kappa shape index (κ3) is 1.16. The van der Waals surface area contributed by atoms with Crippen LogP contribution in [0.1, 0.15) is 17.5 Å². The van der Waals surface area contributed by atoms with Gasteiger partial charge in [-0.2, -0.15) is 0 Å². The molecule has 4 heteroatoms. The van der Waals surface area contributed by atoms with E-state index in [-0.39, 0.29) is 5.91 Å². The van der Waals surface area contributed by atoms with E-state index in [4.69, 9.17) is 0 Å². The van der Waals surface area contributed by atoms with Crippen molar-refractivity contribution in [1.29, 1.82) is 0 Å². The molecule has 1 amide bonds. The molecule has 2 heterocycles. The summed E-state index contributed by atoms with van der Waals surface area (Å²) in [5.74, 6) is 0.733. The van der Waals surface area contributed by atoms with Crippen molar-refractivity contribution in [3.05, 3.63) is 23.3 Å². The molecule has 16 heavy (non-hydrogen) atoms. The quantitative estimate of drug-likeness (QED) is 0.730. The molecular formula is C12H13N3O. The summed E-state index contributed by atoms with van der Waals surface area (Å²) in [7, 11) is 0. The van der Waals surface area contributed by atoms with Gasteiger partial charge in [-0.1, -0.05) is 6.07 Å². The van der Waals surface area contributed by atoms with Crippen LogP contribution in [0.3, 0.4) is 0 Å². The van der Waals surface area contributed by atoms with Gasteiger partial charge in [0.05, 0.1) is 11.0 Å². The fraction of sp³-hybridized carbons (Fsp3) is 0.333. The van der Waals surface area contributed by atoms with Crippen LogP contribution in [0.4, 0.5) is 5.95 Å². The number of carbonyl (C=O) groups excluding carboxylic acids is 1. The molecule has 3 rings (SSSR count). The van der Waals surface area contributed by atoms with E-state index in [0.717, 1.165) is 17.6 Å². The number of aromatic nitrogens is 2. The highest BCUT2D eigenvalue weighted by Crippen LogP contribution is 2.27. The van der Waals surface area contributed by atoms with Gasteiger partial charge in [0, 0.05) is 13.0 Å². The zero-order chi connectivity index (χ0) is 11.3. The van der Waals surface area contributed by atoms with Gasteiger partial charge in [0.25, 0.3) is 0 Å². The zero-order valence-corrected chi connectivity index (χ0v) is 9.37. The maximum absolute atomic E-state index is 11.3. The lowest BCUT2D eigenvalue weighted by Gasteiger charge is -2.15. The highest BCUT2D eigenvalue weighted by atomic mass is 16.1. The van der Waals surface area contributed by atoms with E-state index in [0.29, 0.717) is 12.4 Å². The van der Waals surface area contributed by atoms with Crippen LogP contribution in [-0.4, -0.2) is 15.5 Å². The predicted molar refractivity (Wildman–Crippen MR) is 62.5 cm³/mol. The summed E-state index contributed by atoms with van der Waals surface area (Å²) in [5.41, 5.74) is 4.61. The van der Waals surface area contributed by atoms with Crippen molar-refractivity contribution in [1.82, 2.24) is 9.55 Å². The monoisotopic (exact) mass is 215 g/mol. The predicted octanol–water partition coefficient (Wildman–Crippen LogP) is 2.00. The van der Waals surface area contributed by atoms with Crippen LogP contribution in [-0.2, 0) is 11.3 Å². The second-order valence-corrected chi connectivity index (χ2v) is 4.26. The number of amides is 1. The molecule has 1 aliphatic rings. The van der Waals surface area contributed by atoms with Crippen LogP contribution in [0.2, 0.25) is 0 Å². The Morgan fingerprint density at radius 3 is 3.00 bits per heavy atom. The Labute approximate surface area is 93.3 Å². The number of hydrogen-bond acceptors (Lipinski definition) is 2. The smallest absolute Gasteiger partial charge is 0.228 e. The van der Waals surface area contributed by atoms with E-state index in [9.17, 15) is 4.79 Å². The standard InChI is InChI=1S/C12H13N3O/c1-7-3-4-9-11(8(7)2)15-6-5-10(16)14-12(15)13-9/h3-4H,5-6H2,1-2H3,(H,13,14,16). The molecule has 0 fully saturated rings. The van der Waals surface area contributed by atoms with Crippen molar-refractivity contribution in [2.24, 2.45) is 0 Å². The molecule has 0 radical (unpaired) electrons. The van der Waals surface area contributed by atoms with Crippen molar-refractivity contribution >= 4 is 22.9 Å². The van der Waals surface area contributed by atoms with E-state index in [2.05, 4.69) is 34.8 Å². The van der Waals surface area contributed by atoms with E-state index in [1.165, 1.54) is 11.1 Å². The highest BCUT2D eigenvalue weighted by Gasteiger charge is 2.20. The number of fused-ring (bicyclic) bond motifs is 3. The second kappa shape index (κ2) is 3.07. The molecule has 0 saturated carbocycles. The fourth-order valence-corrected chi connectivity index (χ4v) is 2.21. The second-order valence-electron chi connectivity index (χ2n) is 4.26. The Morgan fingerprint density at radius 2 is 2.19 bits per heavy atom. The van der Waals surface area contributed by atoms with Gasteiger partial charge in [-0.25, -0.2) is 4.98 Å². The average Bonchev–Trinajstić information content (AvgIpc) is 2.61. The fourth-order valence-electron chi connectivity index (χ4n) is 2.21. The Hall–Kier alpha value is -1.84. The van der Waals surface area contributed by atoms with Gasteiger partial charge < -0.3 is 4.57 Å².